The Hall–Kier alpha value is -0.0400. The topological polar surface area (TPSA) is 3.24 Å². The van der Waals surface area contributed by atoms with Crippen molar-refractivity contribution in [2.75, 3.05) is 20.6 Å². The van der Waals surface area contributed by atoms with E-state index in [1.165, 1.54) is 141 Å². The van der Waals surface area contributed by atoms with Crippen LogP contribution in [0.4, 0.5) is 0 Å². The maximum Gasteiger partial charge on any atom is -0.00222 e. The van der Waals surface area contributed by atoms with Crippen molar-refractivity contribution in [1.82, 2.24) is 4.90 Å². The smallest absolute Gasteiger partial charge is 0.00222 e. The summed E-state index contributed by atoms with van der Waals surface area (Å²) in [5.41, 5.74) is 0. The molecule has 1 saturated carbocycles. The van der Waals surface area contributed by atoms with Gasteiger partial charge in [0.05, 0.1) is 0 Å². The maximum atomic E-state index is 2.38. The predicted octanol–water partition coefficient (Wildman–Crippen LogP) is 10.8. The van der Waals surface area contributed by atoms with Gasteiger partial charge in [0.25, 0.3) is 0 Å². The van der Waals surface area contributed by atoms with Gasteiger partial charge in [-0.25, -0.2) is 0 Å². The molecule has 0 radical (unpaired) electrons. The molecule has 33 heavy (non-hydrogen) atoms. The van der Waals surface area contributed by atoms with Crippen LogP contribution in [-0.2, 0) is 0 Å². The van der Waals surface area contributed by atoms with Crippen LogP contribution in [0.15, 0.2) is 0 Å². The summed E-state index contributed by atoms with van der Waals surface area (Å²) in [7, 11) is 4.48. The molecule has 3 atom stereocenters. The highest BCUT2D eigenvalue weighted by Crippen LogP contribution is 2.45. The summed E-state index contributed by atoms with van der Waals surface area (Å²) < 4.78 is 0. The molecule has 1 aliphatic rings. The van der Waals surface area contributed by atoms with Crippen molar-refractivity contribution >= 4 is 0 Å². The van der Waals surface area contributed by atoms with Crippen molar-refractivity contribution in [1.29, 1.82) is 0 Å². The zero-order valence-corrected chi connectivity index (χ0v) is 23.9. The van der Waals surface area contributed by atoms with E-state index in [2.05, 4.69) is 32.8 Å². The molecule has 0 amide bonds. The molecule has 1 rings (SSSR count). The first-order valence-corrected chi connectivity index (χ1v) is 15.8. The van der Waals surface area contributed by atoms with Crippen LogP contribution in [0, 0.1) is 17.8 Å². The van der Waals surface area contributed by atoms with Crippen LogP contribution >= 0.6 is 0 Å². The van der Waals surface area contributed by atoms with Crippen molar-refractivity contribution in [3.63, 3.8) is 0 Å². The Kier molecular flexibility index (Phi) is 21.1. The van der Waals surface area contributed by atoms with E-state index < -0.39 is 0 Å². The van der Waals surface area contributed by atoms with Gasteiger partial charge in [0.1, 0.15) is 0 Å². The molecule has 1 fully saturated rings. The molecule has 0 bridgehead atoms. The lowest BCUT2D eigenvalue weighted by Crippen LogP contribution is -2.17. The molecule has 0 N–H and O–H groups in total. The fraction of sp³-hybridized carbons (Fsp3) is 1.00. The molecule has 1 nitrogen and oxygen atoms in total. The quantitative estimate of drug-likeness (QED) is 0.115. The van der Waals surface area contributed by atoms with Crippen molar-refractivity contribution in [2.24, 2.45) is 17.8 Å². The lowest BCUT2D eigenvalue weighted by Gasteiger charge is -2.19. The molecule has 0 aromatic carbocycles. The van der Waals surface area contributed by atoms with Crippen LogP contribution < -0.4 is 0 Å². The summed E-state index contributed by atoms with van der Waals surface area (Å²) in [5.74, 6) is 3.23. The van der Waals surface area contributed by atoms with Crippen LogP contribution in [0.3, 0.4) is 0 Å². The van der Waals surface area contributed by atoms with Gasteiger partial charge in [-0.2, -0.15) is 0 Å². The van der Waals surface area contributed by atoms with Crippen molar-refractivity contribution < 1.29 is 0 Å². The van der Waals surface area contributed by atoms with E-state index in [9.17, 15) is 0 Å². The zero-order valence-electron chi connectivity index (χ0n) is 23.9. The lowest BCUT2D eigenvalue weighted by atomic mass is 9.91. The third kappa shape index (κ3) is 19.9. The third-order valence-electron chi connectivity index (χ3n) is 8.39. The molecular formula is C32H65N. The summed E-state index contributed by atoms with van der Waals surface area (Å²) in [6.07, 6.45) is 35.5. The standard InChI is InChI=1S/C32H65N/c1-5-7-9-11-13-15-19-23-30(27-28-33(3)4)24-20-16-14-18-22-26-32-29-31(32)25-21-17-12-10-8-6-2/h30-32H,5-29H2,1-4H3/t30?,31-,32+/m1/s1. The molecule has 0 heterocycles. The van der Waals surface area contributed by atoms with Gasteiger partial charge in [-0.3, -0.25) is 0 Å². The Morgan fingerprint density at radius 2 is 0.909 bits per heavy atom. The van der Waals surface area contributed by atoms with E-state index in [1.807, 2.05) is 0 Å². The highest BCUT2D eigenvalue weighted by Gasteiger charge is 2.34. The van der Waals surface area contributed by atoms with Gasteiger partial charge < -0.3 is 4.90 Å². The first kappa shape index (κ1) is 31.0. The molecule has 1 unspecified atom stereocenters. The lowest BCUT2D eigenvalue weighted by molar-refractivity contribution is 0.314. The monoisotopic (exact) mass is 464 g/mol. The van der Waals surface area contributed by atoms with Crippen LogP contribution in [0.1, 0.15) is 168 Å². The molecule has 0 saturated heterocycles. The number of unbranched alkanes of at least 4 members (excludes halogenated alkanes) is 15. The van der Waals surface area contributed by atoms with E-state index in [0.29, 0.717) is 0 Å². The van der Waals surface area contributed by atoms with Gasteiger partial charge in [-0.05, 0) is 51.2 Å². The van der Waals surface area contributed by atoms with Gasteiger partial charge in [0.15, 0.2) is 0 Å². The van der Waals surface area contributed by atoms with Crippen LogP contribution in [0.25, 0.3) is 0 Å². The normalized spacial score (nSPS) is 18.8. The Labute approximate surface area is 211 Å². The molecular weight excluding hydrogens is 398 g/mol. The summed E-state index contributed by atoms with van der Waals surface area (Å²) in [5, 5.41) is 0. The van der Waals surface area contributed by atoms with Gasteiger partial charge in [0.2, 0.25) is 0 Å². The maximum absolute atomic E-state index is 2.38. The average molecular weight is 464 g/mol. The first-order valence-electron chi connectivity index (χ1n) is 15.8. The van der Waals surface area contributed by atoms with Crippen LogP contribution in [0.2, 0.25) is 0 Å². The number of rotatable bonds is 26. The SMILES string of the molecule is CCCCCCCCCC(CCCCCCC[C@H]1C[C@H]1CCCCCCCC)CCN(C)C. The van der Waals surface area contributed by atoms with Crippen molar-refractivity contribution in [2.45, 2.75) is 168 Å². The van der Waals surface area contributed by atoms with E-state index in [1.54, 1.807) is 19.3 Å². The Balaban J connectivity index is 1.95. The Morgan fingerprint density at radius 1 is 0.515 bits per heavy atom. The molecule has 0 aromatic heterocycles. The van der Waals surface area contributed by atoms with Gasteiger partial charge in [-0.15, -0.1) is 0 Å². The fourth-order valence-corrected chi connectivity index (χ4v) is 5.84. The van der Waals surface area contributed by atoms with Gasteiger partial charge >= 0.3 is 0 Å². The van der Waals surface area contributed by atoms with Gasteiger partial charge in [0, 0.05) is 0 Å². The van der Waals surface area contributed by atoms with E-state index in [4.69, 9.17) is 0 Å². The third-order valence-corrected chi connectivity index (χ3v) is 8.39. The molecule has 1 aliphatic carbocycles. The fourth-order valence-electron chi connectivity index (χ4n) is 5.84. The zero-order chi connectivity index (χ0) is 24.0. The number of nitrogens with zero attached hydrogens (tertiary/aromatic N) is 1. The summed E-state index contributed by atoms with van der Waals surface area (Å²) in [6, 6.07) is 0. The number of hydrogen-bond donors (Lipinski definition) is 0. The summed E-state index contributed by atoms with van der Waals surface area (Å²) in [6.45, 7) is 5.91. The highest BCUT2D eigenvalue weighted by atomic mass is 15.0. The van der Waals surface area contributed by atoms with Crippen LogP contribution in [-0.4, -0.2) is 25.5 Å². The Bertz CT molecular complexity index is 390. The second-order valence-corrected chi connectivity index (χ2v) is 12.0. The van der Waals surface area contributed by atoms with E-state index in [0.717, 1.165) is 17.8 Å². The second-order valence-electron chi connectivity index (χ2n) is 12.0. The molecule has 1 heteroatoms. The molecule has 0 aliphatic heterocycles. The van der Waals surface area contributed by atoms with E-state index in [-0.39, 0.29) is 0 Å². The van der Waals surface area contributed by atoms with Crippen molar-refractivity contribution in [3.05, 3.63) is 0 Å². The molecule has 0 aromatic rings. The second kappa shape index (κ2) is 22.4. The van der Waals surface area contributed by atoms with Crippen LogP contribution in [0.5, 0.6) is 0 Å². The minimum atomic E-state index is 0.984. The minimum Gasteiger partial charge on any atom is -0.309 e. The van der Waals surface area contributed by atoms with Gasteiger partial charge in [-0.1, -0.05) is 155 Å². The first-order chi connectivity index (χ1) is 16.2. The predicted molar refractivity (Wildman–Crippen MR) is 151 cm³/mol. The largest absolute Gasteiger partial charge is 0.309 e. The summed E-state index contributed by atoms with van der Waals surface area (Å²) >= 11 is 0. The highest BCUT2D eigenvalue weighted by molar-refractivity contribution is 4.85. The summed E-state index contributed by atoms with van der Waals surface area (Å²) in [4.78, 5) is 2.38. The average Bonchev–Trinajstić information content (AvgIpc) is 3.55. The minimum absolute atomic E-state index is 0.984. The Morgan fingerprint density at radius 3 is 1.33 bits per heavy atom. The number of hydrogen-bond acceptors (Lipinski definition) is 1. The van der Waals surface area contributed by atoms with E-state index >= 15 is 0 Å². The van der Waals surface area contributed by atoms with Crippen molar-refractivity contribution in [3.8, 4) is 0 Å². The molecule has 0 spiro atoms. The molecule has 198 valence electrons.